The highest BCUT2D eigenvalue weighted by atomic mass is 16.1. The number of aromatic nitrogens is 5. The highest BCUT2D eigenvalue weighted by Crippen LogP contribution is 2.38. The lowest BCUT2D eigenvalue weighted by Crippen LogP contribution is -2.47. The average molecular weight is 350 g/mol. The van der Waals surface area contributed by atoms with Crippen LogP contribution in [0.3, 0.4) is 0 Å². The Kier molecular flexibility index (Phi) is 3.23. The van der Waals surface area contributed by atoms with Crippen LogP contribution in [-0.4, -0.2) is 37.4 Å². The van der Waals surface area contributed by atoms with E-state index in [1.54, 1.807) is 6.07 Å². The first-order valence-corrected chi connectivity index (χ1v) is 9.14. The van der Waals surface area contributed by atoms with Gasteiger partial charge in [0.25, 0.3) is 5.56 Å². The van der Waals surface area contributed by atoms with Crippen molar-refractivity contribution in [3.05, 3.63) is 45.8 Å². The first-order valence-electron chi connectivity index (χ1n) is 9.14. The zero-order valence-electron chi connectivity index (χ0n) is 15.3. The molecule has 3 aromatic rings. The van der Waals surface area contributed by atoms with Gasteiger partial charge in [-0.3, -0.25) is 9.48 Å². The molecule has 5 rings (SSSR count). The maximum absolute atomic E-state index is 12.2. The van der Waals surface area contributed by atoms with E-state index in [9.17, 15) is 4.79 Å². The molecule has 26 heavy (non-hydrogen) atoms. The molecule has 2 unspecified atom stereocenters. The minimum Gasteiger partial charge on any atom is -0.355 e. The van der Waals surface area contributed by atoms with Crippen LogP contribution >= 0.6 is 0 Å². The van der Waals surface area contributed by atoms with Gasteiger partial charge in [0.05, 0.1) is 11.1 Å². The zero-order valence-corrected chi connectivity index (χ0v) is 15.3. The Bertz CT molecular complexity index is 1080. The van der Waals surface area contributed by atoms with E-state index in [0.717, 1.165) is 60.1 Å². The summed E-state index contributed by atoms with van der Waals surface area (Å²) in [5, 5.41) is 5.59. The van der Waals surface area contributed by atoms with Gasteiger partial charge >= 0.3 is 0 Å². The van der Waals surface area contributed by atoms with E-state index in [2.05, 4.69) is 21.0 Å². The van der Waals surface area contributed by atoms with E-state index in [1.807, 2.05) is 36.2 Å². The number of hydrogen-bond donors (Lipinski definition) is 0. The van der Waals surface area contributed by atoms with E-state index >= 15 is 0 Å². The molecule has 3 aromatic heterocycles. The van der Waals surface area contributed by atoms with E-state index in [1.165, 1.54) is 0 Å². The van der Waals surface area contributed by atoms with Gasteiger partial charge in [0.1, 0.15) is 11.6 Å². The van der Waals surface area contributed by atoms with Gasteiger partial charge in [-0.05, 0) is 32.3 Å². The monoisotopic (exact) mass is 350 g/mol. The number of hydrogen-bond acceptors (Lipinski definition) is 5. The van der Waals surface area contributed by atoms with Crippen LogP contribution in [-0.2, 0) is 13.6 Å². The molecule has 0 amide bonds. The van der Waals surface area contributed by atoms with Crippen molar-refractivity contribution in [3.8, 4) is 0 Å². The van der Waals surface area contributed by atoms with Gasteiger partial charge in [0, 0.05) is 44.4 Å². The fraction of sp³-hybridized carbons (Fsp3) is 0.474. The van der Waals surface area contributed by atoms with Crippen LogP contribution in [0.2, 0.25) is 0 Å². The van der Waals surface area contributed by atoms with Crippen molar-refractivity contribution in [2.75, 3.05) is 18.0 Å². The highest BCUT2D eigenvalue weighted by molar-refractivity contribution is 5.90. The third-order valence-corrected chi connectivity index (χ3v) is 5.73. The number of piperidine rings is 1. The summed E-state index contributed by atoms with van der Waals surface area (Å²) in [6.45, 7) is 6.54. The fourth-order valence-electron chi connectivity index (χ4n) is 4.72. The predicted octanol–water partition coefficient (Wildman–Crippen LogP) is 1.77. The minimum absolute atomic E-state index is 0.119. The Balaban J connectivity index is 1.62. The maximum Gasteiger partial charge on any atom is 0.250 e. The van der Waals surface area contributed by atoms with Crippen LogP contribution in [0.1, 0.15) is 29.6 Å². The van der Waals surface area contributed by atoms with Crippen LogP contribution in [0.25, 0.3) is 11.0 Å². The van der Waals surface area contributed by atoms with Crippen LogP contribution in [0.15, 0.2) is 23.0 Å². The predicted molar refractivity (Wildman–Crippen MR) is 99.5 cm³/mol. The second-order valence-electron chi connectivity index (χ2n) is 7.61. The molecule has 5 heterocycles. The van der Waals surface area contributed by atoms with Crippen molar-refractivity contribution < 1.29 is 0 Å². The molecule has 0 saturated carbocycles. The van der Waals surface area contributed by atoms with Crippen molar-refractivity contribution in [1.82, 2.24) is 24.3 Å². The molecule has 0 aliphatic carbocycles. The maximum atomic E-state index is 12.2. The molecular formula is C19H22N6O. The molecule has 2 aliphatic rings. The van der Waals surface area contributed by atoms with Gasteiger partial charge in [-0.15, -0.1) is 0 Å². The topological polar surface area (TPSA) is 68.8 Å². The summed E-state index contributed by atoms with van der Waals surface area (Å²) < 4.78 is 3.80. The SMILES string of the molecule is Cc1nc(N2CC3CC(C2)c2cccc(=O)n2C3)c2c(C)nn(C)c2n1. The molecule has 1 fully saturated rings. The van der Waals surface area contributed by atoms with Crippen molar-refractivity contribution in [2.24, 2.45) is 13.0 Å². The lowest BCUT2D eigenvalue weighted by molar-refractivity contribution is 0.281. The minimum atomic E-state index is 0.119. The zero-order chi connectivity index (χ0) is 18.0. The summed E-state index contributed by atoms with van der Waals surface area (Å²) in [7, 11) is 1.93. The van der Waals surface area contributed by atoms with E-state index < -0.39 is 0 Å². The van der Waals surface area contributed by atoms with Crippen molar-refractivity contribution in [2.45, 2.75) is 32.7 Å². The fourth-order valence-corrected chi connectivity index (χ4v) is 4.72. The van der Waals surface area contributed by atoms with Gasteiger partial charge < -0.3 is 9.47 Å². The Morgan fingerprint density at radius 2 is 1.96 bits per heavy atom. The standard InChI is InChI=1S/C19H22N6O/c1-11-17-18(23(3)22-11)20-12(2)21-19(17)24-8-13-7-14(10-24)15-5-4-6-16(26)25(15)9-13/h4-6,13-14H,7-10H2,1-3H3. The van der Waals surface area contributed by atoms with Crippen molar-refractivity contribution in [1.29, 1.82) is 0 Å². The Morgan fingerprint density at radius 1 is 1.12 bits per heavy atom. The van der Waals surface area contributed by atoms with Crippen LogP contribution in [0.4, 0.5) is 5.82 Å². The molecule has 2 atom stereocenters. The number of fused-ring (bicyclic) bond motifs is 5. The van der Waals surface area contributed by atoms with Gasteiger partial charge in [-0.25, -0.2) is 9.97 Å². The molecule has 0 spiro atoms. The van der Waals surface area contributed by atoms with Crippen molar-refractivity contribution >= 4 is 16.9 Å². The molecule has 0 aromatic carbocycles. The lowest BCUT2D eigenvalue weighted by Gasteiger charge is -2.43. The summed E-state index contributed by atoms with van der Waals surface area (Å²) in [6, 6.07) is 5.65. The quantitative estimate of drug-likeness (QED) is 0.669. The third-order valence-electron chi connectivity index (χ3n) is 5.73. The third kappa shape index (κ3) is 2.19. The average Bonchev–Trinajstić information content (AvgIpc) is 2.89. The normalized spacial score (nSPS) is 21.9. The van der Waals surface area contributed by atoms with Crippen LogP contribution in [0.5, 0.6) is 0 Å². The van der Waals surface area contributed by atoms with Crippen molar-refractivity contribution in [3.63, 3.8) is 0 Å². The molecular weight excluding hydrogens is 328 g/mol. The molecule has 0 N–H and O–H groups in total. The smallest absolute Gasteiger partial charge is 0.250 e. The Morgan fingerprint density at radius 3 is 2.81 bits per heavy atom. The number of anilines is 1. The molecule has 7 heteroatoms. The molecule has 0 radical (unpaired) electrons. The van der Waals surface area contributed by atoms with Crippen LogP contribution in [0, 0.1) is 19.8 Å². The van der Waals surface area contributed by atoms with E-state index in [0.29, 0.717) is 11.8 Å². The van der Waals surface area contributed by atoms with Gasteiger partial charge in [0.15, 0.2) is 5.65 Å². The van der Waals surface area contributed by atoms with Gasteiger partial charge in [0.2, 0.25) is 0 Å². The number of aryl methyl sites for hydroxylation is 3. The first-order chi connectivity index (χ1) is 12.5. The van der Waals surface area contributed by atoms with Gasteiger partial charge in [-0.2, -0.15) is 5.10 Å². The highest BCUT2D eigenvalue weighted by Gasteiger charge is 2.36. The Hall–Kier alpha value is -2.70. The first kappa shape index (κ1) is 15.5. The lowest BCUT2D eigenvalue weighted by atomic mass is 9.83. The summed E-state index contributed by atoms with van der Waals surface area (Å²) >= 11 is 0. The molecule has 134 valence electrons. The molecule has 2 aliphatic heterocycles. The second kappa shape index (κ2) is 5.40. The molecule has 2 bridgehead atoms. The Labute approximate surface area is 151 Å². The molecule has 7 nitrogen and oxygen atoms in total. The second-order valence-corrected chi connectivity index (χ2v) is 7.61. The number of pyridine rings is 1. The molecule has 1 saturated heterocycles. The van der Waals surface area contributed by atoms with E-state index in [4.69, 9.17) is 4.98 Å². The number of rotatable bonds is 1. The summed E-state index contributed by atoms with van der Waals surface area (Å²) in [5.74, 6) is 2.57. The van der Waals surface area contributed by atoms with E-state index in [-0.39, 0.29) is 5.56 Å². The van der Waals surface area contributed by atoms with Crippen LogP contribution < -0.4 is 10.5 Å². The summed E-state index contributed by atoms with van der Waals surface area (Å²) in [5.41, 5.74) is 3.12. The number of nitrogens with zero attached hydrogens (tertiary/aromatic N) is 6. The summed E-state index contributed by atoms with van der Waals surface area (Å²) in [4.78, 5) is 24.0. The van der Waals surface area contributed by atoms with Gasteiger partial charge in [-0.1, -0.05) is 6.07 Å². The largest absolute Gasteiger partial charge is 0.355 e. The summed E-state index contributed by atoms with van der Waals surface area (Å²) in [6.07, 6.45) is 1.14.